The molecule has 3 heterocycles. The van der Waals surface area contributed by atoms with Gasteiger partial charge >= 0.3 is 5.69 Å². The van der Waals surface area contributed by atoms with E-state index in [0.29, 0.717) is 54.2 Å². The number of fused-ring (bicyclic) bond motifs is 6. The van der Waals surface area contributed by atoms with Crippen molar-refractivity contribution in [3.63, 3.8) is 0 Å². The van der Waals surface area contributed by atoms with Gasteiger partial charge in [0.1, 0.15) is 11.3 Å². The number of epoxide rings is 1. The molecule has 0 aromatic carbocycles. The SMILES string of the molecule is CCCn1c(=O)c2[nH]c([C@H]3CC4CC3[C@H]3OC43)nc2n(CCC)c1=O. The van der Waals surface area contributed by atoms with Gasteiger partial charge in [-0.2, -0.15) is 0 Å². The number of nitrogens with zero attached hydrogens (tertiary/aromatic N) is 3. The Morgan fingerprint density at radius 2 is 1.88 bits per heavy atom. The lowest BCUT2D eigenvalue weighted by atomic mass is 9.88. The van der Waals surface area contributed by atoms with Crippen molar-refractivity contribution in [3.8, 4) is 0 Å². The molecule has 7 nitrogen and oxygen atoms in total. The first-order valence-corrected chi connectivity index (χ1v) is 9.52. The van der Waals surface area contributed by atoms with Crippen LogP contribution in [0, 0.1) is 11.8 Å². The summed E-state index contributed by atoms with van der Waals surface area (Å²) >= 11 is 0. The van der Waals surface area contributed by atoms with Gasteiger partial charge in [0.2, 0.25) is 0 Å². The normalized spacial score (nSPS) is 32.5. The summed E-state index contributed by atoms with van der Waals surface area (Å²) < 4.78 is 8.77. The zero-order chi connectivity index (χ0) is 17.3. The zero-order valence-corrected chi connectivity index (χ0v) is 14.7. The van der Waals surface area contributed by atoms with Crippen LogP contribution in [0.2, 0.25) is 0 Å². The van der Waals surface area contributed by atoms with Gasteiger partial charge in [-0.05, 0) is 37.5 Å². The molecule has 0 radical (unpaired) electrons. The molecule has 3 fully saturated rings. The zero-order valence-electron chi connectivity index (χ0n) is 14.7. The monoisotopic (exact) mass is 344 g/mol. The van der Waals surface area contributed by atoms with Gasteiger partial charge in [0.25, 0.3) is 5.56 Å². The minimum absolute atomic E-state index is 0.238. The van der Waals surface area contributed by atoms with Crippen LogP contribution in [0.15, 0.2) is 9.59 Å². The maximum absolute atomic E-state index is 12.8. The smallest absolute Gasteiger partial charge is 0.332 e. The van der Waals surface area contributed by atoms with E-state index in [4.69, 9.17) is 9.72 Å². The van der Waals surface area contributed by atoms with Crippen molar-refractivity contribution < 1.29 is 4.74 Å². The van der Waals surface area contributed by atoms with Gasteiger partial charge in [-0.3, -0.25) is 13.9 Å². The minimum atomic E-state index is -0.239. The highest BCUT2D eigenvalue weighted by atomic mass is 16.6. The molecule has 2 aliphatic carbocycles. The highest BCUT2D eigenvalue weighted by Crippen LogP contribution is 2.61. The maximum Gasteiger partial charge on any atom is 0.332 e. The molecular formula is C18H24N4O3. The van der Waals surface area contributed by atoms with E-state index in [2.05, 4.69) is 4.98 Å². The second-order valence-corrected chi connectivity index (χ2v) is 7.78. The van der Waals surface area contributed by atoms with Crippen molar-refractivity contribution in [2.24, 2.45) is 11.8 Å². The maximum atomic E-state index is 12.8. The van der Waals surface area contributed by atoms with Crippen LogP contribution in [0.4, 0.5) is 0 Å². The van der Waals surface area contributed by atoms with Gasteiger partial charge in [0.15, 0.2) is 5.65 Å². The lowest BCUT2D eigenvalue weighted by molar-refractivity contribution is 0.260. The molecule has 1 aliphatic heterocycles. The highest BCUT2D eigenvalue weighted by molar-refractivity contribution is 5.70. The summed E-state index contributed by atoms with van der Waals surface area (Å²) in [7, 11) is 0. The van der Waals surface area contributed by atoms with Gasteiger partial charge in [-0.25, -0.2) is 9.78 Å². The molecule has 0 spiro atoms. The number of hydrogen-bond donors (Lipinski definition) is 1. The molecule has 25 heavy (non-hydrogen) atoms. The van der Waals surface area contributed by atoms with Crippen LogP contribution in [0.25, 0.3) is 11.2 Å². The van der Waals surface area contributed by atoms with Crippen LogP contribution in [-0.2, 0) is 17.8 Å². The molecule has 2 saturated carbocycles. The molecule has 5 atom stereocenters. The Labute approximate surface area is 145 Å². The van der Waals surface area contributed by atoms with Crippen molar-refractivity contribution in [2.45, 2.75) is 70.7 Å². The first-order chi connectivity index (χ1) is 12.1. The number of ether oxygens (including phenoxy) is 1. The molecule has 3 unspecified atom stereocenters. The van der Waals surface area contributed by atoms with E-state index in [1.54, 1.807) is 4.57 Å². The summed E-state index contributed by atoms with van der Waals surface area (Å²) in [5, 5.41) is 0. The number of imidazole rings is 1. The molecule has 0 amide bonds. The minimum Gasteiger partial charge on any atom is -0.369 e. The summed E-state index contributed by atoms with van der Waals surface area (Å²) in [4.78, 5) is 33.6. The molecule has 1 saturated heterocycles. The molecule has 7 heteroatoms. The van der Waals surface area contributed by atoms with Gasteiger partial charge in [-0.15, -0.1) is 0 Å². The predicted octanol–water partition coefficient (Wildman–Crippen LogP) is 1.60. The standard InChI is InChI=1S/C18H24N4O3/c1-3-5-21-16-12(17(23)22(6-4-2)18(21)24)19-15(20-16)11-8-9-7-10(11)14-13(9)25-14/h9-11,13-14H,3-8H2,1-2H3,(H,19,20)/t9?,10?,11-,13?,14+/m0/s1. The van der Waals surface area contributed by atoms with Crippen LogP contribution in [0.3, 0.4) is 0 Å². The van der Waals surface area contributed by atoms with Crippen molar-refractivity contribution >= 4 is 11.2 Å². The first-order valence-electron chi connectivity index (χ1n) is 9.52. The molecule has 3 aliphatic rings. The number of aromatic nitrogens is 4. The Morgan fingerprint density at radius 3 is 2.56 bits per heavy atom. The summed E-state index contributed by atoms with van der Waals surface area (Å²) in [6.45, 7) is 5.02. The van der Waals surface area contributed by atoms with E-state index in [0.717, 1.165) is 25.1 Å². The van der Waals surface area contributed by atoms with Gasteiger partial charge in [0, 0.05) is 19.0 Å². The van der Waals surface area contributed by atoms with Crippen LogP contribution in [0.1, 0.15) is 51.3 Å². The Hall–Kier alpha value is -1.89. The summed E-state index contributed by atoms with van der Waals surface area (Å²) in [6, 6.07) is 0. The van der Waals surface area contributed by atoms with Crippen molar-refractivity contribution in [1.82, 2.24) is 19.1 Å². The topological polar surface area (TPSA) is 85.2 Å². The average molecular weight is 344 g/mol. The molecule has 134 valence electrons. The fourth-order valence-corrected chi connectivity index (χ4v) is 5.12. The van der Waals surface area contributed by atoms with Gasteiger partial charge in [0.05, 0.1) is 12.2 Å². The second-order valence-electron chi connectivity index (χ2n) is 7.78. The van der Waals surface area contributed by atoms with E-state index in [1.165, 1.54) is 11.0 Å². The number of hydrogen-bond acceptors (Lipinski definition) is 4. The Kier molecular flexibility index (Phi) is 3.26. The molecule has 2 aromatic rings. The quantitative estimate of drug-likeness (QED) is 0.835. The average Bonchev–Trinajstić information content (AvgIpc) is 2.99. The van der Waals surface area contributed by atoms with E-state index >= 15 is 0 Å². The summed E-state index contributed by atoms with van der Waals surface area (Å²) in [5.74, 6) is 2.35. The van der Waals surface area contributed by atoms with Crippen LogP contribution < -0.4 is 11.2 Å². The van der Waals surface area contributed by atoms with Gasteiger partial charge < -0.3 is 9.72 Å². The summed E-state index contributed by atoms with van der Waals surface area (Å²) in [6.07, 6.45) is 4.73. The Balaban J connectivity index is 1.65. The number of aromatic amines is 1. The molecular weight excluding hydrogens is 320 g/mol. The van der Waals surface area contributed by atoms with Crippen LogP contribution >= 0.6 is 0 Å². The number of aryl methyl sites for hydroxylation is 1. The third-order valence-corrected chi connectivity index (χ3v) is 6.22. The third kappa shape index (κ3) is 2.05. The van der Waals surface area contributed by atoms with Crippen LogP contribution in [0.5, 0.6) is 0 Å². The molecule has 1 N–H and O–H groups in total. The third-order valence-electron chi connectivity index (χ3n) is 6.22. The Bertz CT molecular complexity index is 956. The van der Waals surface area contributed by atoms with Crippen molar-refractivity contribution in [1.29, 1.82) is 0 Å². The lowest BCUT2D eigenvalue weighted by Crippen LogP contribution is -2.40. The van der Waals surface area contributed by atoms with E-state index < -0.39 is 0 Å². The number of rotatable bonds is 5. The predicted molar refractivity (Wildman–Crippen MR) is 92.8 cm³/mol. The fraction of sp³-hybridized carbons (Fsp3) is 0.722. The lowest BCUT2D eigenvalue weighted by Gasteiger charge is -2.16. The Morgan fingerprint density at radius 1 is 1.12 bits per heavy atom. The number of H-pyrrole nitrogens is 1. The van der Waals surface area contributed by atoms with Crippen molar-refractivity contribution in [2.75, 3.05) is 0 Å². The largest absolute Gasteiger partial charge is 0.369 e. The van der Waals surface area contributed by atoms with E-state index in [-0.39, 0.29) is 11.2 Å². The highest BCUT2D eigenvalue weighted by Gasteiger charge is 2.63. The molecule has 5 rings (SSSR count). The molecule has 2 bridgehead atoms. The van der Waals surface area contributed by atoms with E-state index in [1.807, 2.05) is 13.8 Å². The van der Waals surface area contributed by atoms with E-state index in [9.17, 15) is 9.59 Å². The molecule has 2 aromatic heterocycles. The summed E-state index contributed by atoms with van der Waals surface area (Å²) in [5.41, 5.74) is 0.525. The first kappa shape index (κ1) is 15.4. The van der Waals surface area contributed by atoms with Crippen molar-refractivity contribution in [3.05, 3.63) is 26.7 Å². The second kappa shape index (κ2) is 5.30. The number of nitrogens with one attached hydrogen (secondary N) is 1. The van der Waals surface area contributed by atoms with Crippen LogP contribution in [-0.4, -0.2) is 31.3 Å². The van der Waals surface area contributed by atoms with Gasteiger partial charge in [-0.1, -0.05) is 13.8 Å². The fourth-order valence-electron chi connectivity index (χ4n) is 5.12.